The van der Waals surface area contributed by atoms with Gasteiger partial charge in [-0.2, -0.15) is 0 Å². The molecule has 1 rings (SSSR count). The van der Waals surface area contributed by atoms with Crippen LogP contribution in [0.15, 0.2) is 35.2 Å². The molecule has 0 aliphatic carbocycles. The quantitative estimate of drug-likeness (QED) is 0.476. The van der Waals surface area contributed by atoms with Crippen molar-refractivity contribution >= 4 is 16.1 Å². The number of rotatable bonds is 3. The summed E-state index contributed by atoms with van der Waals surface area (Å²) in [5.74, 6) is -0.787. The van der Waals surface area contributed by atoms with Crippen molar-refractivity contribution in [1.29, 1.82) is 0 Å². The summed E-state index contributed by atoms with van der Waals surface area (Å²) in [5.41, 5.74) is 0. The van der Waals surface area contributed by atoms with Crippen molar-refractivity contribution < 1.29 is 52.4 Å². The molecule has 18 heavy (non-hydrogen) atoms. The molecule has 0 fully saturated rings. The molecule has 0 aliphatic heterocycles. The van der Waals surface area contributed by atoms with Crippen LogP contribution >= 0.6 is 0 Å². The molecule has 0 atom stereocenters. The van der Waals surface area contributed by atoms with Crippen LogP contribution in [0.5, 0.6) is 0 Å². The van der Waals surface area contributed by atoms with Gasteiger partial charge in [0.15, 0.2) is 0 Å². The van der Waals surface area contributed by atoms with Crippen LogP contribution in [0.1, 0.15) is 0 Å². The van der Waals surface area contributed by atoms with E-state index in [1.165, 1.54) is 24.3 Å². The molecular formula is C10H14NNaO5S. The van der Waals surface area contributed by atoms with E-state index in [1.807, 2.05) is 0 Å². The minimum absolute atomic E-state index is 0. The van der Waals surface area contributed by atoms with Gasteiger partial charge in [0.2, 0.25) is 0 Å². The molecule has 0 radical (unpaired) electrons. The summed E-state index contributed by atoms with van der Waals surface area (Å²) in [6.45, 7) is 0.111. The molecule has 1 N–H and O–H groups in total. The van der Waals surface area contributed by atoms with Gasteiger partial charge < -0.3 is 9.66 Å². The molecule has 0 bridgehead atoms. The van der Waals surface area contributed by atoms with Gasteiger partial charge in [-0.05, 0) is 26.2 Å². The average Bonchev–Trinajstić information content (AvgIpc) is 2.16. The Morgan fingerprint density at radius 2 is 1.72 bits per heavy atom. The number of nitrogens with zero attached hydrogens (tertiary/aromatic N) is 1. The Labute approximate surface area is 129 Å². The fraction of sp³-hybridized carbons (Fsp3) is 0.300. The largest absolute Gasteiger partial charge is 1.00 e. The van der Waals surface area contributed by atoms with Crippen LogP contribution in [0.4, 0.5) is 0 Å². The van der Waals surface area contributed by atoms with Gasteiger partial charge in [-0.15, -0.1) is 0 Å². The van der Waals surface area contributed by atoms with Crippen molar-refractivity contribution in [3.8, 4) is 0 Å². The molecule has 0 heterocycles. The molecule has 0 saturated carbocycles. The molecule has 96 valence electrons. The Kier molecular flexibility index (Phi) is 10.5. The van der Waals surface area contributed by atoms with Gasteiger partial charge in [0, 0.05) is 0 Å². The van der Waals surface area contributed by atoms with E-state index in [1.54, 1.807) is 25.1 Å². The minimum atomic E-state index is -4.25. The van der Waals surface area contributed by atoms with Crippen LogP contribution in [-0.2, 0) is 14.9 Å². The van der Waals surface area contributed by atoms with E-state index in [4.69, 9.17) is 5.11 Å². The zero-order valence-corrected chi connectivity index (χ0v) is 13.3. The summed E-state index contributed by atoms with van der Waals surface area (Å²) < 4.78 is 30.8. The van der Waals surface area contributed by atoms with Crippen molar-refractivity contribution in [2.45, 2.75) is 4.90 Å². The van der Waals surface area contributed by atoms with E-state index in [0.717, 1.165) is 0 Å². The third-order valence-corrected chi connectivity index (χ3v) is 2.33. The van der Waals surface area contributed by atoms with Crippen LogP contribution < -0.4 is 29.6 Å². The maximum atomic E-state index is 10.3. The molecule has 6 nitrogen and oxygen atoms in total. The third kappa shape index (κ3) is 10.7. The Morgan fingerprint density at radius 3 is 1.89 bits per heavy atom. The Bertz CT molecular complexity index is 447. The summed E-state index contributed by atoms with van der Waals surface area (Å²) >= 11 is 0. The molecule has 1 aromatic rings. The Balaban J connectivity index is 0. The van der Waals surface area contributed by atoms with E-state index in [2.05, 4.69) is 0 Å². The van der Waals surface area contributed by atoms with Crippen molar-refractivity contribution in [2.24, 2.45) is 0 Å². The standard InChI is InChI=1S/C6H6O3S.C4H9NO2.Na/c7-10(8,9)6-4-2-1-3-5-6;1-5(2)3-4(6)7;/h1-5H,(H,7,8,9);3H2,1-2H3,(H,6,7);/q;;+1/p-1. The van der Waals surface area contributed by atoms with Gasteiger partial charge in [-0.3, -0.25) is 9.69 Å². The predicted molar refractivity (Wildman–Crippen MR) is 60.6 cm³/mol. The molecule has 0 spiro atoms. The SMILES string of the molecule is CN(C)CC(=O)O.O=S(=O)([O-])c1ccccc1.[Na+]. The number of benzene rings is 1. The monoisotopic (exact) mass is 283 g/mol. The zero-order valence-electron chi connectivity index (χ0n) is 10.5. The topological polar surface area (TPSA) is 97.7 Å². The van der Waals surface area contributed by atoms with E-state index < -0.39 is 16.1 Å². The van der Waals surface area contributed by atoms with Gasteiger partial charge in [0.25, 0.3) is 0 Å². The second-order valence-corrected chi connectivity index (χ2v) is 4.78. The number of likely N-dealkylation sites (N-methyl/N-ethyl adjacent to an activating group) is 1. The molecule has 0 unspecified atom stereocenters. The van der Waals surface area contributed by atoms with Crippen LogP contribution in [0.2, 0.25) is 0 Å². The normalized spacial score (nSPS) is 10.0. The minimum Gasteiger partial charge on any atom is -0.744 e. The molecule has 0 amide bonds. The summed E-state index contributed by atoms with van der Waals surface area (Å²) in [4.78, 5) is 11.2. The maximum Gasteiger partial charge on any atom is 1.00 e. The summed E-state index contributed by atoms with van der Waals surface area (Å²) in [5, 5.41) is 8.04. The molecule has 0 aromatic heterocycles. The first-order valence-corrected chi connectivity index (χ1v) is 6.01. The van der Waals surface area contributed by atoms with E-state index in [0.29, 0.717) is 0 Å². The van der Waals surface area contributed by atoms with Crippen LogP contribution in [0, 0.1) is 0 Å². The van der Waals surface area contributed by atoms with Crippen molar-refractivity contribution in [2.75, 3.05) is 20.6 Å². The maximum absolute atomic E-state index is 10.3. The predicted octanol–water partition coefficient (Wildman–Crippen LogP) is -2.77. The second kappa shape index (κ2) is 9.48. The van der Waals surface area contributed by atoms with E-state index in [9.17, 15) is 17.8 Å². The van der Waals surface area contributed by atoms with Gasteiger partial charge >= 0.3 is 35.5 Å². The number of carbonyl (C=O) groups is 1. The first-order chi connectivity index (χ1) is 7.73. The molecular weight excluding hydrogens is 269 g/mol. The summed E-state index contributed by atoms with van der Waals surface area (Å²) in [6, 6.07) is 7.19. The first-order valence-electron chi connectivity index (χ1n) is 4.61. The van der Waals surface area contributed by atoms with Gasteiger partial charge in [-0.25, -0.2) is 8.42 Å². The van der Waals surface area contributed by atoms with Gasteiger partial charge in [0.05, 0.1) is 11.4 Å². The zero-order chi connectivity index (χ0) is 13.5. The van der Waals surface area contributed by atoms with Gasteiger partial charge in [-0.1, -0.05) is 18.2 Å². The number of hydrogen-bond donors (Lipinski definition) is 1. The average molecular weight is 283 g/mol. The number of aliphatic carboxylic acids is 1. The number of carboxylic acid groups (broad SMARTS) is 1. The van der Waals surface area contributed by atoms with Gasteiger partial charge in [0.1, 0.15) is 10.1 Å². The van der Waals surface area contributed by atoms with Crippen LogP contribution in [-0.4, -0.2) is 49.6 Å². The van der Waals surface area contributed by atoms with E-state index >= 15 is 0 Å². The first kappa shape index (κ1) is 19.9. The number of carboxylic acids is 1. The fourth-order valence-corrected chi connectivity index (χ4v) is 1.35. The van der Waals surface area contributed by atoms with E-state index in [-0.39, 0.29) is 41.0 Å². The second-order valence-electron chi connectivity index (χ2n) is 3.40. The van der Waals surface area contributed by atoms with Crippen LogP contribution in [0.3, 0.4) is 0 Å². The van der Waals surface area contributed by atoms with Crippen LogP contribution in [0.25, 0.3) is 0 Å². The Hall–Kier alpha value is -0.440. The fourth-order valence-electron chi connectivity index (χ4n) is 0.858. The third-order valence-electron chi connectivity index (χ3n) is 1.48. The molecule has 1 aromatic carbocycles. The Morgan fingerprint density at radius 1 is 1.28 bits per heavy atom. The smallest absolute Gasteiger partial charge is 0.744 e. The van der Waals surface area contributed by atoms with Crippen molar-refractivity contribution in [3.63, 3.8) is 0 Å². The summed E-state index contributed by atoms with van der Waals surface area (Å²) in [7, 11) is -0.820. The van der Waals surface area contributed by atoms with Crippen molar-refractivity contribution in [1.82, 2.24) is 4.90 Å². The summed E-state index contributed by atoms with van der Waals surface area (Å²) in [6.07, 6.45) is 0. The molecule has 0 saturated heterocycles. The van der Waals surface area contributed by atoms with Crippen molar-refractivity contribution in [3.05, 3.63) is 30.3 Å². The number of hydrogen-bond acceptors (Lipinski definition) is 5. The molecule has 8 heteroatoms. The molecule has 0 aliphatic rings.